The first-order valence-electron chi connectivity index (χ1n) is 3.80. The predicted octanol–water partition coefficient (Wildman–Crippen LogP) is 2.43. The Kier molecular flexibility index (Phi) is 2.56. The molecule has 5 heteroatoms. The van der Waals surface area contributed by atoms with Crippen LogP contribution in [-0.2, 0) is 0 Å². The molecular formula is C9H7F2N3. The van der Waals surface area contributed by atoms with Crippen LogP contribution < -0.4 is 0 Å². The molecule has 0 atom stereocenters. The predicted molar refractivity (Wildman–Crippen MR) is 48.4 cm³/mol. The van der Waals surface area contributed by atoms with Gasteiger partial charge >= 0.3 is 0 Å². The monoisotopic (exact) mass is 195 g/mol. The lowest BCUT2D eigenvalue weighted by molar-refractivity contribution is 0.647. The molecule has 3 nitrogen and oxygen atoms in total. The Labute approximate surface area is 79.6 Å². The van der Waals surface area contributed by atoms with E-state index in [1.807, 2.05) is 0 Å². The van der Waals surface area contributed by atoms with Crippen molar-refractivity contribution in [2.24, 2.45) is 4.99 Å². The molecule has 14 heavy (non-hydrogen) atoms. The van der Waals surface area contributed by atoms with Crippen LogP contribution in [0.4, 0.5) is 8.78 Å². The van der Waals surface area contributed by atoms with Crippen molar-refractivity contribution in [2.45, 2.75) is 13.8 Å². The van der Waals surface area contributed by atoms with Gasteiger partial charge in [-0.3, -0.25) is 5.41 Å². The van der Waals surface area contributed by atoms with Gasteiger partial charge < -0.3 is 0 Å². The van der Waals surface area contributed by atoms with Crippen molar-refractivity contribution in [3.05, 3.63) is 22.8 Å². The highest BCUT2D eigenvalue weighted by molar-refractivity contribution is 6.25. The van der Waals surface area contributed by atoms with E-state index in [-0.39, 0.29) is 16.9 Å². The topological polar surface area (TPSA) is 60.0 Å². The number of rotatable bonds is 0. The van der Waals surface area contributed by atoms with Gasteiger partial charge in [-0.15, -0.1) is 0 Å². The van der Waals surface area contributed by atoms with E-state index in [1.54, 1.807) is 0 Å². The quantitative estimate of drug-likeness (QED) is 0.468. The molecule has 1 aliphatic carbocycles. The smallest absolute Gasteiger partial charge is 0.206 e. The Morgan fingerprint density at radius 2 is 1.79 bits per heavy atom. The van der Waals surface area contributed by atoms with E-state index in [0.29, 0.717) is 0 Å². The summed E-state index contributed by atoms with van der Waals surface area (Å²) < 4.78 is 26.6. The maximum atomic E-state index is 13.4. The third kappa shape index (κ3) is 1.35. The van der Waals surface area contributed by atoms with Crippen LogP contribution in [0.15, 0.2) is 27.8 Å². The van der Waals surface area contributed by atoms with Crippen LogP contribution in [0.2, 0.25) is 0 Å². The van der Waals surface area contributed by atoms with E-state index in [0.717, 1.165) is 0 Å². The molecule has 0 aromatic heterocycles. The van der Waals surface area contributed by atoms with Gasteiger partial charge in [-0.1, -0.05) is 0 Å². The van der Waals surface area contributed by atoms with Crippen LogP contribution in [-0.4, -0.2) is 11.4 Å². The van der Waals surface area contributed by atoms with E-state index in [1.165, 1.54) is 20.0 Å². The van der Waals surface area contributed by atoms with E-state index >= 15 is 0 Å². The lowest BCUT2D eigenvalue weighted by Crippen LogP contribution is -2.17. The highest BCUT2D eigenvalue weighted by Gasteiger charge is 2.26. The Morgan fingerprint density at radius 1 is 1.21 bits per heavy atom. The molecule has 0 unspecified atom stereocenters. The number of nitrogens with zero attached hydrogens (tertiary/aromatic N) is 2. The summed E-state index contributed by atoms with van der Waals surface area (Å²) in [6, 6.07) is 0. The summed E-state index contributed by atoms with van der Waals surface area (Å²) in [5.74, 6) is -1.65. The summed E-state index contributed by atoms with van der Waals surface area (Å²) in [6.07, 6.45) is 1.40. The van der Waals surface area contributed by atoms with Gasteiger partial charge in [0.2, 0.25) is 6.19 Å². The highest BCUT2D eigenvalue weighted by Crippen LogP contribution is 2.26. The van der Waals surface area contributed by atoms with E-state index in [9.17, 15) is 8.78 Å². The van der Waals surface area contributed by atoms with Crippen LogP contribution in [0, 0.1) is 16.9 Å². The van der Waals surface area contributed by atoms with Gasteiger partial charge in [0.1, 0.15) is 5.71 Å². The fourth-order valence-electron chi connectivity index (χ4n) is 1.09. The Bertz CT molecular complexity index is 405. The summed E-state index contributed by atoms with van der Waals surface area (Å²) in [7, 11) is 0. The average molecular weight is 195 g/mol. The van der Waals surface area contributed by atoms with Crippen LogP contribution in [0.3, 0.4) is 0 Å². The summed E-state index contributed by atoms with van der Waals surface area (Å²) in [4.78, 5) is 3.18. The molecule has 0 saturated heterocycles. The fourth-order valence-corrected chi connectivity index (χ4v) is 1.09. The molecule has 0 bridgehead atoms. The molecule has 0 spiro atoms. The molecular weight excluding hydrogens is 188 g/mol. The van der Waals surface area contributed by atoms with Crippen molar-refractivity contribution in [1.29, 1.82) is 10.7 Å². The Balaban J connectivity index is 3.43. The summed E-state index contributed by atoms with van der Waals surface area (Å²) in [5.41, 5.74) is -1.06. The number of allylic oxidation sites excluding steroid dienone is 4. The van der Waals surface area contributed by atoms with Crippen molar-refractivity contribution in [2.75, 3.05) is 0 Å². The van der Waals surface area contributed by atoms with E-state index < -0.39 is 17.4 Å². The summed E-state index contributed by atoms with van der Waals surface area (Å²) in [5, 5.41) is 15.5. The lowest BCUT2D eigenvalue weighted by Gasteiger charge is -2.14. The number of nitrogens with one attached hydrogen (secondary N) is 1. The number of aliphatic imine (C=N–C) groups is 1. The van der Waals surface area contributed by atoms with Crippen molar-refractivity contribution in [3.63, 3.8) is 0 Å². The van der Waals surface area contributed by atoms with Crippen LogP contribution in [0.25, 0.3) is 0 Å². The fraction of sp³-hybridized carbons (Fsp3) is 0.222. The van der Waals surface area contributed by atoms with Crippen LogP contribution >= 0.6 is 0 Å². The first-order valence-corrected chi connectivity index (χ1v) is 3.80. The minimum Gasteiger partial charge on any atom is -0.297 e. The van der Waals surface area contributed by atoms with Gasteiger partial charge in [0.05, 0.1) is 5.71 Å². The van der Waals surface area contributed by atoms with E-state index in [4.69, 9.17) is 10.7 Å². The molecule has 1 N–H and O–H groups in total. The van der Waals surface area contributed by atoms with Crippen molar-refractivity contribution < 1.29 is 8.78 Å². The molecule has 1 rings (SSSR count). The van der Waals surface area contributed by atoms with Crippen molar-refractivity contribution in [1.82, 2.24) is 0 Å². The SMILES string of the molecule is CC1=C(F)C(=N)C(C)=C(F)C1=NC#N. The minimum atomic E-state index is -0.835. The van der Waals surface area contributed by atoms with Gasteiger partial charge in [-0.25, -0.2) is 8.78 Å². The zero-order valence-corrected chi connectivity index (χ0v) is 7.65. The third-order valence-corrected chi connectivity index (χ3v) is 1.98. The second-order valence-corrected chi connectivity index (χ2v) is 2.81. The average Bonchev–Trinajstić information content (AvgIpc) is 2.19. The van der Waals surface area contributed by atoms with Gasteiger partial charge in [0, 0.05) is 11.1 Å². The zero-order chi connectivity index (χ0) is 10.9. The molecule has 0 fully saturated rings. The minimum absolute atomic E-state index is 0.111. The first kappa shape index (κ1) is 10.3. The van der Waals surface area contributed by atoms with Crippen LogP contribution in [0.1, 0.15) is 13.8 Å². The molecule has 0 aliphatic heterocycles. The maximum absolute atomic E-state index is 13.4. The molecule has 0 amide bonds. The number of nitriles is 1. The molecule has 0 heterocycles. The third-order valence-electron chi connectivity index (χ3n) is 1.98. The summed E-state index contributed by atoms with van der Waals surface area (Å²) >= 11 is 0. The van der Waals surface area contributed by atoms with Gasteiger partial charge in [0.15, 0.2) is 11.7 Å². The normalized spacial score (nSPS) is 20.5. The van der Waals surface area contributed by atoms with Gasteiger partial charge in [-0.05, 0) is 13.8 Å². The van der Waals surface area contributed by atoms with Gasteiger partial charge in [0.25, 0.3) is 0 Å². The molecule has 0 aromatic rings. The molecule has 0 aromatic carbocycles. The molecule has 1 aliphatic rings. The standard InChI is InChI=1S/C9H7F2N3/c1-4-7(11)9(14-3-12)5(2)6(10)8(4)13/h13H,1-2H3. The lowest BCUT2D eigenvalue weighted by atomic mass is 9.95. The van der Waals surface area contributed by atoms with Crippen molar-refractivity contribution in [3.8, 4) is 6.19 Å². The molecule has 0 radical (unpaired) electrons. The number of halogens is 2. The highest BCUT2D eigenvalue weighted by atomic mass is 19.1. The Morgan fingerprint density at radius 3 is 2.29 bits per heavy atom. The second kappa shape index (κ2) is 3.50. The maximum Gasteiger partial charge on any atom is 0.206 e. The molecule has 72 valence electrons. The first-order chi connectivity index (χ1) is 6.50. The zero-order valence-electron chi connectivity index (χ0n) is 7.65. The summed E-state index contributed by atoms with van der Waals surface area (Å²) in [6.45, 7) is 2.56. The Hall–Kier alpha value is -1.83. The second-order valence-electron chi connectivity index (χ2n) is 2.81. The number of hydrogen-bond acceptors (Lipinski definition) is 3. The van der Waals surface area contributed by atoms with Gasteiger partial charge in [-0.2, -0.15) is 10.3 Å². The number of hydrogen-bond donors (Lipinski definition) is 1. The van der Waals surface area contributed by atoms with Crippen LogP contribution in [0.5, 0.6) is 0 Å². The molecule has 0 saturated carbocycles. The largest absolute Gasteiger partial charge is 0.297 e. The van der Waals surface area contributed by atoms with Crippen molar-refractivity contribution >= 4 is 11.4 Å². The van der Waals surface area contributed by atoms with E-state index in [2.05, 4.69) is 4.99 Å².